The highest BCUT2D eigenvalue weighted by molar-refractivity contribution is 6.04. The van der Waals surface area contributed by atoms with E-state index in [2.05, 4.69) is 10.2 Å². The van der Waals surface area contributed by atoms with E-state index in [0.29, 0.717) is 11.3 Å². The van der Waals surface area contributed by atoms with Gasteiger partial charge in [0, 0.05) is 29.8 Å². The number of nitrogens with one attached hydrogen (secondary N) is 1. The summed E-state index contributed by atoms with van der Waals surface area (Å²) in [5.74, 6) is -0.150. The minimum absolute atomic E-state index is 0.0244. The highest BCUT2D eigenvalue weighted by Gasteiger charge is 2.33. The van der Waals surface area contributed by atoms with Gasteiger partial charge >= 0.3 is 0 Å². The average molecular weight is 487 g/mol. The topological polar surface area (TPSA) is 71.0 Å². The molecule has 0 saturated carbocycles. The number of aliphatic hydroxyl groups excluding tert-OH is 1. The Kier molecular flexibility index (Phi) is 8.08. The van der Waals surface area contributed by atoms with Crippen molar-refractivity contribution in [3.8, 4) is 0 Å². The number of rotatable bonds is 7. The molecule has 0 radical (unpaired) electrons. The zero-order valence-corrected chi connectivity index (χ0v) is 20.5. The van der Waals surface area contributed by atoms with Crippen molar-refractivity contribution in [2.45, 2.75) is 50.8 Å². The summed E-state index contributed by atoms with van der Waals surface area (Å²) in [6, 6.07) is 24.9. The Labute approximate surface area is 212 Å². The van der Waals surface area contributed by atoms with Crippen molar-refractivity contribution in [1.82, 2.24) is 4.90 Å². The molecule has 0 bridgehead atoms. The van der Waals surface area contributed by atoms with Crippen LogP contribution < -0.4 is 5.32 Å². The number of hydrogen-bond donors (Lipinski definition) is 2. The predicted octanol–water partition coefficient (Wildman–Crippen LogP) is 5.46. The summed E-state index contributed by atoms with van der Waals surface area (Å²) >= 11 is 0. The summed E-state index contributed by atoms with van der Waals surface area (Å²) in [7, 11) is 0. The molecule has 3 aromatic rings. The van der Waals surface area contributed by atoms with Crippen molar-refractivity contribution in [3.05, 3.63) is 101 Å². The van der Waals surface area contributed by atoms with Gasteiger partial charge in [-0.15, -0.1) is 0 Å². The van der Waals surface area contributed by atoms with Gasteiger partial charge in [0.25, 0.3) is 5.91 Å². The van der Waals surface area contributed by atoms with Crippen LogP contribution in [0, 0.1) is 0 Å². The molecule has 188 valence electrons. The lowest BCUT2D eigenvalue weighted by Crippen LogP contribution is -2.41. The van der Waals surface area contributed by atoms with E-state index >= 15 is 0 Å². The molecule has 0 spiro atoms. The number of aliphatic hydroxyl groups is 1. The fourth-order valence-corrected chi connectivity index (χ4v) is 5.02. The lowest BCUT2D eigenvalue weighted by molar-refractivity contribution is -0.253. The van der Waals surface area contributed by atoms with Crippen LogP contribution in [0.15, 0.2) is 78.9 Å². The van der Waals surface area contributed by atoms with Gasteiger partial charge in [-0.3, -0.25) is 4.79 Å². The smallest absolute Gasteiger partial charge is 0.255 e. The molecule has 2 heterocycles. The quantitative estimate of drug-likeness (QED) is 0.464. The molecule has 3 unspecified atom stereocenters. The van der Waals surface area contributed by atoms with E-state index in [-0.39, 0.29) is 24.7 Å². The van der Waals surface area contributed by atoms with Gasteiger partial charge < -0.3 is 24.8 Å². The number of anilines is 1. The number of piperidine rings is 1. The van der Waals surface area contributed by atoms with Crippen LogP contribution in [0.4, 0.5) is 5.69 Å². The minimum Gasteiger partial charge on any atom is -0.392 e. The summed E-state index contributed by atoms with van der Waals surface area (Å²) in [5, 5.41) is 12.4. The fourth-order valence-electron chi connectivity index (χ4n) is 5.02. The van der Waals surface area contributed by atoms with Gasteiger partial charge in [-0.1, -0.05) is 61.0 Å². The first-order chi connectivity index (χ1) is 17.7. The van der Waals surface area contributed by atoms with Crippen molar-refractivity contribution in [2.75, 3.05) is 25.0 Å². The first-order valence-corrected chi connectivity index (χ1v) is 12.9. The second-order valence-corrected chi connectivity index (χ2v) is 9.66. The Hall–Kier alpha value is -3.03. The van der Waals surface area contributed by atoms with Crippen LogP contribution in [0.2, 0.25) is 0 Å². The van der Waals surface area contributed by atoms with Gasteiger partial charge in [0.05, 0.1) is 18.8 Å². The van der Waals surface area contributed by atoms with Crippen molar-refractivity contribution < 1.29 is 19.4 Å². The number of amides is 1. The van der Waals surface area contributed by atoms with Gasteiger partial charge in [0.2, 0.25) is 0 Å². The van der Waals surface area contributed by atoms with Gasteiger partial charge in [-0.2, -0.15) is 0 Å². The molecular weight excluding hydrogens is 452 g/mol. The van der Waals surface area contributed by atoms with Crippen LogP contribution in [0.25, 0.3) is 0 Å². The third-order valence-corrected chi connectivity index (χ3v) is 6.98. The van der Waals surface area contributed by atoms with Crippen molar-refractivity contribution in [2.24, 2.45) is 0 Å². The van der Waals surface area contributed by atoms with Crippen LogP contribution >= 0.6 is 0 Å². The first kappa shape index (κ1) is 24.7. The van der Waals surface area contributed by atoms with E-state index in [1.807, 2.05) is 66.7 Å². The SMILES string of the molecule is O=C(Nc1cccc(C2OC(CN3CCCCC3)CC(c3ccc(CO)cc3)O2)c1)c1ccccc1. The third-order valence-electron chi connectivity index (χ3n) is 6.98. The summed E-state index contributed by atoms with van der Waals surface area (Å²) in [4.78, 5) is 15.2. The number of carbonyl (C=O) groups excluding carboxylic acids is 1. The van der Waals surface area contributed by atoms with Crippen LogP contribution in [0.5, 0.6) is 0 Å². The van der Waals surface area contributed by atoms with Gasteiger partial charge in [-0.05, 0) is 61.3 Å². The Morgan fingerprint density at radius 2 is 1.67 bits per heavy atom. The van der Waals surface area contributed by atoms with Gasteiger partial charge in [0.15, 0.2) is 6.29 Å². The summed E-state index contributed by atoms with van der Waals surface area (Å²) in [6.45, 7) is 3.14. The van der Waals surface area contributed by atoms with Crippen LogP contribution in [-0.2, 0) is 16.1 Å². The number of hydrogen-bond acceptors (Lipinski definition) is 5. The molecule has 2 N–H and O–H groups in total. The van der Waals surface area contributed by atoms with E-state index < -0.39 is 6.29 Å². The Balaban J connectivity index is 1.35. The van der Waals surface area contributed by atoms with Crippen LogP contribution in [-0.4, -0.2) is 41.7 Å². The largest absolute Gasteiger partial charge is 0.392 e. The zero-order chi connectivity index (χ0) is 24.7. The molecule has 36 heavy (non-hydrogen) atoms. The average Bonchev–Trinajstić information content (AvgIpc) is 2.94. The van der Waals surface area contributed by atoms with Crippen molar-refractivity contribution in [3.63, 3.8) is 0 Å². The minimum atomic E-state index is -0.537. The highest BCUT2D eigenvalue weighted by atomic mass is 16.7. The Morgan fingerprint density at radius 3 is 2.42 bits per heavy atom. The summed E-state index contributed by atoms with van der Waals surface area (Å²) in [6.07, 6.45) is 3.93. The lowest BCUT2D eigenvalue weighted by Gasteiger charge is -2.39. The number of nitrogens with zero attached hydrogens (tertiary/aromatic N) is 1. The highest BCUT2D eigenvalue weighted by Crippen LogP contribution is 2.38. The molecule has 3 aromatic carbocycles. The standard InChI is InChI=1S/C30H34N2O4/c33-21-22-12-14-23(15-13-22)28-19-27(20-32-16-5-2-6-17-32)35-30(36-28)25-10-7-11-26(18-25)31-29(34)24-8-3-1-4-9-24/h1,3-4,7-15,18,27-28,30,33H,2,5-6,16-17,19-21H2,(H,31,34). The molecule has 2 aliphatic heterocycles. The third kappa shape index (κ3) is 6.20. The summed E-state index contributed by atoms with van der Waals surface area (Å²) in [5.41, 5.74) is 4.16. The van der Waals surface area contributed by atoms with Crippen LogP contribution in [0.3, 0.4) is 0 Å². The van der Waals surface area contributed by atoms with Gasteiger partial charge in [0.1, 0.15) is 0 Å². The lowest BCUT2D eigenvalue weighted by atomic mass is 9.99. The maximum atomic E-state index is 12.7. The Morgan fingerprint density at radius 1 is 0.889 bits per heavy atom. The van der Waals surface area contributed by atoms with E-state index in [1.165, 1.54) is 19.3 Å². The van der Waals surface area contributed by atoms with Gasteiger partial charge in [-0.25, -0.2) is 0 Å². The second-order valence-electron chi connectivity index (χ2n) is 9.66. The van der Waals surface area contributed by atoms with E-state index in [1.54, 1.807) is 12.1 Å². The molecule has 2 aliphatic rings. The van der Waals surface area contributed by atoms with E-state index in [0.717, 1.165) is 42.7 Å². The van der Waals surface area contributed by atoms with Crippen LogP contribution in [0.1, 0.15) is 65.1 Å². The molecule has 6 heteroatoms. The second kappa shape index (κ2) is 11.8. The number of carbonyl (C=O) groups is 1. The predicted molar refractivity (Wildman–Crippen MR) is 140 cm³/mol. The molecule has 0 aliphatic carbocycles. The number of likely N-dealkylation sites (tertiary alicyclic amines) is 1. The maximum absolute atomic E-state index is 12.7. The molecular formula is C30H34N2O4. The molecule has 2 fully saturated rings. The van der Waals surface area contributed by atoms with Crippen molar-refractivity contribution in [1.29, 1.82) is 0 Å². The van der Waals surface area contributed by atoms with E-state index in [4.69, 9.17) is 9.47 Å². The molecule has 3 atom stereocenters. The number of ether oxygens (including phenoxy) is 2. The zero-order valence-electron chi connectivity index (χ0n) is 20.5. The number of benzene rings is 3. The maximum Gasteiger partial charge on any atom is 0.255 e. The summed E-state index contributed by atoms with van der Waals surface area (Å²) < 4.78 is 13.0. The molecule has 1 amide bonds. The van der Waals surface area contributed by atoms with E-state index in [9.17, 15) is 9.90 Å². The fraction of sp³-hybridized carbons (Fsp3) is 0.367. The molecule has 2 saturated heterocycles. The molecule has 5 rings (SSSR count). The molecule has 6 nitrogen and oxygen atoms in total. The van der Waals surface area contributed by atoms with Crippen molar-refractivity contribution >= 4 is 11.6 Å². The molecule has 0 aromatic heterocycles. The monoisotopic (exact) mass is 486 g/mol. The first-order valence-electron chi connectivity index (χ1n) is 12.9. The Bertz CT molecular complexity index is 1130. The normalized spacial score (nSPS) is 22.8.